The van der Waals surface area contributed by atoms with Crippen LogP contribution in [0.4, 0.5) is 22.8 Å². The molecule has 2 aromatic carbocycles. The van der Waals surface area contributed by atoms with Gasteiger partial charge in [0.15, 0.2) is 11.6 Å². The molecular formula is C31H36ClF3N4O5. The number of rotatable bonds is 7. The third-order valence-electron chi connectivity index (χ3n) is 8.61. The molecular weight excluding hydrogens is 601 g/mol. The van der Waals surface area contributed by atoms with Gasteiger partial charge in [0.1, 0.15) is 11.9 Å². The van der Waals surface area contributed by atoms with Crippen LogP contribution in [0.2, 0.25) is 0 Å². The maximum atomic E-state index is 14.3. The Morgan fingerprint density at radius 1 is 0.955 bits per heavy atom. The molecule has 3 aliphatic rings. The number of carbonyl (C=O) groups excluding carboxylic acids is 3. The number of carbonyl (C=O) groups is 3. The number of hydrogen-bond donors (Lipinski definition) is 2. The molecule has 2 aliphatic heterocycles. The van der Waals surface area contributed by atoms with E-state index in [1.165, 1.54) is 25.3 Å². The van der Waals surface area contributed by atoms with Gasteiger partial charge < -0.3 is 20.1 Å². The first kappa shape index (κ1) is 33.3. The molecule has 1 saturated carbocycles. The monoisotopic (exact) mass is 636 g/mol. The summed E-state index contributed by atoms with van der Waals surface area (Å²) in [6, 6.07) is 6.70. The Kier molecular flexibility index (Phi) is 10.9. The Labute approximate surface area is 260 Å². The molecule has 9 nitrogen and oxygen atoms in total. The third kappa shape index (κ3) is 7.03. The molecule has 0 bridgehead atoms. The van der Waals surface area contributed by atoms with Crippen molar-refractivity contribution in [2.24, 2.45) is 0 Å². The Morgan fingerprint density at radius 2 is 1.64 bits per heavy atom. The molecule has 1 saturated heterocycles. The highest BCUT2D eigenvalue weighted by atomic mass is 35.5. The van der Waals surface area contributed by atoms with Crippen LogP contribution in [-0.4, -0.2) is 73.8 Å². The highest BCUT2D eigenvalue weighted by molar-refractivity contribution is 6.01. The fourth-order valence-corrected chi connectivity index (χ4v) is 6.47. The zero-order chi connectivity index (χ0) is 30.7. The Bertz CT molecular complexity index is 1400. The molecule has 0 aromatic heterocycles. The largest absolute Gasteiger partial charge is 0.466 e. The average molecular weight is 637 g/mol. The molecule has 4 amide bonds. The maximum Gasteiger partial charge on any atom is 0.338 e. The van der Waals surface area contributed by atoms with Gasteiger partial charge in [0.2, 0.25) is 0 Å². The summed E-state index contributed by atoms with van der Waals surface area (Å²) in [5.41, 5.74) is 1.09. The quantitative estimate of drug-likeness (QED) is 0.407. The van der Waals surface area contributed by atoms with Gasteiger partial charge in [-0.2, -0.15) is 0 Å². The van der Waals surface area contributed by atoms with Gasteiger partial charge in [0.05, 0.1) is 25.0 Å². The first-order valence-electron chi connectivity index (χ1n) is 14.4. The van der Waals surface area contributed by atoms with E-state index in [4.69, 9.17) is 9.47 Å². The van der Waals surface area contributed by atoms with Crippen LogP contribution in [-0.2, 0) is 14.3 Å². The molecule has 5 rings (SSSR count). The lowest BCUT2D eigenvalue weighted by Crippen LogP contribution is -2.56. The minimum atomic E-state index is -1.39. The van der Waals surface area contributed by atoms with E-state index in [1.807, 2.05) is 12.1 Å². The van der Waals surface area contributed by atoms with Gasteiger partial charge in [0.25, 0.3) is 0 Å². The fraction of sp³-hybridized carbons (Fsp3) is 0.452. The number of likely N-dealkylation sites (tertiary alicyclic amines) is 1. The second-order valence-electron chi connectivity index (χ2n) is 11.2. The summed E-state index contributed by atoms with van der Waals surface area (Å²) in [7, 11) is 2.50. The number of imide groups is 1. The van der Waals surface area contributed by atoms with E-state index < -0.39 is 35.7 Å². The molecule has 1 aliphatic carbocycles. The number of nitrogens with zero attached hydrogens (tertiary/aromatic N) is 2. The van der Waals surface area contributed by atoms with Gasteiger partial charge in [-0.15, -0.1) is 12.4 Å². The lowest BCUT2D eigenvalue weighted by atomic mass is 9.81. The van der Waals surface area contributed by atoms with Crippen molar-refractivity contribution in [2.75, 3.05) is 33.9 Å². The van der Waals surface area contributed by atoms with Crippen LogP contribution in [0, 0.1) is 17.5 Å². The zero-order valence-electron chi connectivity index (χ0n) is 24.5. The molecule has 2 atom stereocenters. The summed E-state index contributed by atoms with van der Waals surface area (Å²) in [5.74, 6) is -3.02. The van der Waals surface area contributed by atoms with E-state index in [0.717, 1.165) is 61.9 Å². The zero-order valence-corrected chi connectivity index (χ0v) is 25.3. The predicted octanol–water partition coefficient (Wildman–Crippen LogP) is 5.18. The van der Waals surface area contributed by atoms with Crippen molar-refractivity contribution in [3.05, 3.63) is 82.3 Å². The number of amides is 4. The molecule has 0 unspecified atom stereocenters. The van der Waals surface area contributed by atoms with Crippen LogP contribution in [0.3, 0.4) is 0 Å². The van der Waals surface area contributed by atoms with Gasteiger partial charge in [-0.1, -0.05) is 18.2 Å². The van der Waals surface area contributed by atoms with Crippen molar-refractivity contribution in [3.8, 4) is 0 Å². The maximum absolute atomic E-state index is 14.3. The van der Waals surface area contributed by atoms with Crippen molar-refractivity contribution < 1.29 is 37.0 Å². The summed E-state index contributed by atoms with van der Waals surface area (Å²) in [6.45, 7) is 1.16. The molecule has 2 heterocycles. The van der Waals surface area contributed by atoms with Crippen molar-refractivity contribution in [1.82, 2.24) is 20.4 Å². The number of urea groups is 2. The predicted molar refractivity (Wildman–Crippen MR) is 158 cm³/mol. The Balaban J connectivity index is 0.00000442. The van der Waals surface area contributed by atoms with E-state index in [0.29, 0.717) is 24.9 Å². The molecule has 0 spiro atoms. The number of esters is 1. The van der Waals surface area contributed by atoms with Gasteiger partial charge >= 0.3 is 18.0 Å². The van der Waals surface area contributed by atoms with Crippen LogP contribution in [0.15, 0.2) is 53.7 Å². The SMILES string of the molecule is COCC1=C(C(=O)OC)[C@H](c2ccc(F)c(F)c2)N(C(=O)N[C@@H]2CCN(C3CCC(c4ccc(F)cc4)CC3)C2)C(=O)N1.Cl. The lowest BCUT2D eigenvalue weighted by Gasteiger charge is -2.37. The normalized spacial score (nSPS) is 24.0. The summed E-state index contributed by atoms with van der Waals surface area (Å²) < 4.78 is 51.5. The van der Waals surface area contributed by atoms with Crippen LogP contribution >= 0.6 is 12.4 Å². The molecule has 0 radical (unpaired) electrons. The van der Waals surface area contributed by atoms with Crippen molar-refractivity contribution in [2.45, 2.75) is 56.1 Å². The number of halogens is 4. The third-order valence-corrected chi connectivity index (χ3v) is 8.61. The van der Waals surface area contributed by atoms with E-state index in [1.54, 1.807) is 0 Å². The van der Waals surface area contributed by atoms with Gasteiger partial charge in [-0.3, -0.25) is 4.90 Å². The minimum absolute atomic E-state index is 0. The second kappa shape index (κ2) is 14.4. The van der Waals surface area contributed by atoms with E-state index in [9.17, 15) is 27.6 Å². The van der Waals surface area contributed by atoms with Gasteiger partial charge in [-0.25, -0.2) is 32.5 Å². The first-order chi connectivity index (χ1) is 20.7. The Morgan fingerprint density at radius 3 is 2.27 bits per heavy atom. The molecule has 13 heteroatoms. The minimum Gasteiger partial charge on any atom is -0.466 e. The summed E-state index contributed by atoms with van der Waals surface area (Å²) in [5, 5.41) is 5.44. The van der Waals surface area contributed by atoms with Crippen LogP contribution in [0.25, 0.3) is 0 Å². The number of nitrogens with one attached hydrogen (secondary N) is 2. The smallest absolute Gasteiger partial charge is 0.338 e. The van der Waals surface area contributed by atoms with Gasteiger partial charge in [0, 0.05) is 32.3 Å². The van der Waals surface area contributed by atoms with Crippen LogP contribution in [0.1, 0.15) is 55.2 Å². The molecule has 2 fully saturated rings. The summed E-state index contributed by atoms with van der Waals surface area (Å²) >= 11 is 0. The summed E-state index contributed by atoms with van der Waals surface area (Å²) in [4.78, 5) is 43.0. The molecule has 2 aromatic rings. The van der Waals surface area contributed by atoms with E-state index in [-0.39, 0.29) is 47.7 Å². The lowest BCUT2D eigenvalue weighted by molar-refractivity contribution is -0.137. The first-order valence-corrected chi connectivity index (χ1v) is 14.4. The van der Waals surface area contributed by atoms with Crippen LogP contribution < -0.4 is 10.6 Å². The number of methoxy groups -OCH3 is 2. The van der Waals surface area contributed by atoms with Crippen LogP contribution in [0.5, 0.6) is 0 Å². The van der Waals surface area contributed by atoms with Crippen molar-refractivity contribution in [3.63, 3.8) is 0 Å². The topological polar surface area (TPSA) is 100 Å². The highest BCUT2D eigenvalue weighted by Gasteiger charge is 2.44. The average Bonchev–Trinajstić information content (AvgIpc) is 3.47. The number of benzene rings is 2. The van der Waals surface area contributed by atoms with Crippen molar-refractivity contribution in [1.29, 1.82) is 0 Å². The molecule has 238 valence electrons. The number of hydrogen-bond acceptors (Lipinski definition) is 6. The fourth-order valence-electron chi connectivity index (χ4n) is 6.47. The van der Waals surface area contributed by atoms with E-state index >= 15 is 0 Å². The Hall–Kier alpha value is -3.61. The van der Waals surface area contributed by atoms with E-state index in [2.05, 4.69) is 15.5 Å². The standard InChI is InChI=1S/C31H35F3N4O5.ClH/c1-42-17-26-27(29(39)43-2)28(20-7-12-24(33)25(34)15-20)38(31(41)36-26)30(40)35-22-13-14-37(16-22)23-10-5-19(6-11-23)18-3-8-21(32)9-4-18;/h3-4,7-9,12,15,19,22-23,28H,5-6,10-11,13-14,16-17H2,1-2H3,(H,35,40)(H,36,41);1H/t19?,22-,23?,28+;/m1./s1. The second-order valence-corrected chi connectivity index (χ2v) is 11.2. The highest BCUT2D eigenvalue weighted by Crippen LogP contribution is 2.37. The number of ether oxygens (including phenoxy) is 2. The van der Waals surface area contributed by atoms with Gasteiger partial charge in [-0.05, 0) is 73.4 Å². The van der Waals surface area contributed by atoms with Crippen molar-refractivity contribution >= 4 is 30.4 Å². The molecule has 44 heavy (non-hydrogen) atoms. The summed E-state index contributed by atoms with van der Waals surface area (Å²) in [6.07, 6.45) is 4.58. The molecule has 2 N–H and O–H groups in total.